The fraction of sp³-hybridized carbons (Fsp3) is 0.400. The monoisotopic (exact) mass is 243 g/mol. The Morgan fingerprint density at radius 3 is 3.22 bits per heavy atom. The summed E-state index contributed by atoms with van der Waals surface area (Å²) < 4.78 is 7.40. The summed E-state index contributed by atoms with van der Waals surface area (Å²) >= 11 is 0. The SMILES string of the molecule is CC(=O)OCC1CCc2c(cc3ccccn23)C1. The summed E-state index contributed by atoms with van der Waals surface area (Å²) in [5.41, 5.74) is 4.09. The minimum atomic E-state index is -0.178. The highest BCUT2D eigenvalue weighted by atomic mass is 16.5. The maximum Gasteiger partial charge on any atom is 0.302 e. The smallest absolute Gasteiger partial charge is 0.302 e. The molecule has 18 heavy (non-hydrogen) atoms. The predicted molar refractivity (Wildman–Crippen MR) is 69.5 cm³/mol. The van der Waals surface area contributed by atoms with Gasteiger partial charge in [-0.2, -0.15) is 0 Å². The van der Waals surface area contributed by atoms with Crippen molar-refractivity contribution >= 4 is 11.5 Å². The molecule has 0 saturated heterocycles. The third-order valence-corrected chi connectivity index (χ3v) is 3.70. The lowest BCUT2D eigenvalue weighted by molar-refractivity contribution is -0.142. The van der Waals surface area contributed by atoms with Crippen LogP contribution < -0.4 is 0 Å². The number of hydrogen-bond donors (Lipinski definition) is 0. The Hall–Kier alpha value is -1.77. The number of pyridine rings is 1. The number of fused-ring (bicyclic) bond motifs is 3. The number of ether oxygens (including phenoxy) is 1. The molecule has 0 aromatic carbocycles. The van der Waals surface area contributed by atoms with Gasteiger partial charge in [-0.25, -0.2) is 0 Å². The van der Waals surface area contributed by atoms with Gasteiger partial charge in [0.15, 0.2) is 0 Å². The molecule has 0 spiro atoms. The highest BCUT2D eigenvalue weighted by Crippen LogP contribution is 2.28. The van der Waals surface area contributed by atoms with Gasteiger partial charge < -0.3 is 9.14 Å². The molecule has 2 heterocycles. The van der Waals surface area contributed by atoms with E-state index in [1.54, 1.807) is 0 Å². The minimum absolute atomic E-state index is 0.178. The zero-order valence-electron chi connectivity index (χ0n) is 10.6. The van der Waals surface area contributed by atoms with Crippen LogP contribution in [0.2, 0.25) is 0 Å². The van der Waals surface area contributed by atoms with Crippen LogP contribution in [0.5, 0.6) is 0 Å². The average Bonchev–Trinajstić information content (AvgIpc) is 2.73. The molecule has 2 aromatic heterocycles. The van der Waals surface area contributed by atoms with Gasteiger partial charge in [0.2, 0.25) is 0 Å². The van der Waals surface area contributed by atoms with Crippen molar-refractivity contribution in [2.45, 2.75) is 26.2 Å². The van der Waals surface area contributed by atoms with Crippen LogP contribution in [0.1, 0.15) is 24.6 Å². The molecule has 0 saturated carbocycles. The molecular formula is C15H17NO2. The first-order valence-corrected chi connectivity index (χ1v) is 6.45. The van der Waals surface area contributed by atoms with Crippen LogP contribution in [0.25, 0.3) is 5.52 Å². The van der Waals surface area contributed by atoms with E-state index < -0.39 is 0 Å². The Kier molecular flexibility index (Phi) is 2.82. The molecule has 0 amide bonds. The molecule has 3 heteroatoms. The normalized spacial score (nSPS) is 18.6. The Balaban J connectivity index is 1.82. The van der Waals surface area contributed by atoms with Crippen LogP contribution in [0.4, 0.5) is 0 Å². The van der Waals surface area contributed by atoms with E-state index in [0.29, 0.717) is 12.5 Å². The lowest BCUT2D eigenvalue weighted by Crippen LogP contribution is -2.20. The van der Waals surface area contributed by atoms with Crippen LogP contribution in [-0.2, 0) is 22.4 Å². The summed E-state index contributed by atoms with van der Waals surface area (Å²) in [4.78, 5) is 10.8. The van der Waals surface area contributed by atoms with Gasteiger partial charge in [0.1, 0.15) is 0 Å². The lowest BCUT2D eigenvalue weighted by Gasteiger charge is -2.22. The fourth-order valence-electron chi connectivity index (χ4n) is 2.83. The van der Waals surface area contributed by atoms with Crippen molar-refractivity contribution in [3.8, 4) is 0 Å². The second-order valence-corrected chi connectivity index (χ2v) is 5.02. The van der Waals surface area contributed by atoms with Gasteiger partial charge in [-0.1, -0.05) is 6.07 Å². The van der Waals surface area contributed by atoms with Crippen molar-refractivity contribution < 1.29 is 9.53 Å². The zero-order chi connectivity index (χ0) is 12.5. The van der Waals surface area contributed by atoms with Gasteiger partial charge in [0, 0.05) is 24.3 Å². The largest absolute Gasteiger partial charge is 0.466 e. The number of aromatic nitrogens is 1. The molecule has 3 nitrogen and oxygen atoms in total. The van der Waals surface area contributed by atoms with E-state index in [9.17, 15) is 4.79 Å². The van der Waals surface area contributed by atoms with Gasteiger partial charge in [0.05, 0.1) is 6.61 Å². The van der Waals surface area contributed by atoms with E-state index in [1.807, 2.05) is 0 Å². The Labute approximate surface area is 106 Å². The molecule has 0 N–H and O–H groups in total. The predicted octanol–water partition coefficient (Wildman–Crippen LogP) is 2.61. The third kappa shape index (κ3) is 2.01. The number of aryl methyl sites for hydroxylation is 1. The van der Waals surface area contributed by atoms with Crippen LogP contribution in [-0.4, -0.2) is 17.0 Å². The molecule has 1 unspecified atom stereocenters. The van der Waals surface area contributed by atoms with Crippen molar-refractivity contribution in [3.63, 3.8) is 0 Å². The first-order chi connectivity index (χ1) is 8.74. The van der Waals surface area contributed by atoms with Crippen LogP contribution >= 0.6 is 0 Å². The van der Waals surface area contributed by atoms with E-state index in [-0.39, 0.29) is 5.97 Å². The third-order valence-electron chi connectivity index (χ3n) is 3.70. The summed E-state index contributed by atoms with van der Waals surface area (Å²) in [6.07, 6.45) is 5.31. The van der Waals surface area contributed by atoms with Gasteiger partial charge in [-0.05, 0) is 48.9 Å². The van der Waals surface area contributed by atoms with Gasteiger partial charge in [-0.15, -0.1) is 0 Å². The maximum absolute atomic E-state index is 10.8. The molecule has 1 aliphatic carbocycles. The number of esters is 1. The van der Waals surface area contributed by atoms with E-state index in [4.69, 9.17) is 4.74 Å². The molecular weight excluding hydrogens is 226 g/mol. The minimum Gasteiger partial charge on any atom is -0.466 e. The molecule has 0 radical (unpaired) electrons. The molecule has 0 aliphatic heterocycles. The quantitative estimate of drug-likeness (QED) is 0.759. The fourth-order valence-corrected chi connectivity index (χ4v) is 2.83. The molecule has 0 bridgehead atoms. The topological polar surface area (TPSA) is 30.7 Å². The van der Waals surface area contributed by atoms with E-state index in [2.05, 4.69) is 34.9 Å². The van der Waals surface area contributed by atoms with Crippen LogP contribution in [0.15, 0.2) is 30.5 Å². The summed E-state index contributed by atoms with van der Waals surface area (Å²) in [6.45, 7) is 2.03. The summed E-state index contributed by atoms with van der Waals surface area (Å²) in [5.74, 6) is 0.293. The Bertz CT molecular complexity index is 585. The second-order valence-electron chi connectivity index (χ2n) is 5.02. The van der Waals surface area contributed by atoms with E-state index >= 15 is 0 Å². The summed E-state index contributed by atoms with van der Waals surface area (Å²) in [5, 5.41) is 0. The Morgan fingerprint density at radius 2 is 2.39 bits per heavy atom. The molecule has 94 valence electrons. The molecule has 3 rings (SSSR count). The van der Waals surface area contributed by atoms with E-state index in [1.165, 1.54) is 23.7 Å². The number of rotatable bonds is 2. The van der Waals surface area contributed by atoms with Crippen molar-refractivity contribution in [2.24, 2.45) is 5.92 Å². The zero-order valence-corrected chi connectivity index (χ0v) is 10.6. The highest BCUT2D eigenvalue weighted by Gasteiger charge is 2.22. The van der Waals surface area contributed by atoms with Gasteiger partial charge in [0.25, 0.3) is 0 Å². The second kappa shape index (κ2) is 4.48. The van der Waals surface area contributed by atoms with Crippen molar-refractivity contribution in [1.82, 2.24) is 4.40 Å². The summed E-state index contributed by atoms with van der Waals surface area (Å²) in [6, 6.07) is 8.53. The maximum atomic E-state index is 10.8. The number of nitrogens with zero attached hydrogens (tertiary/aromatic N) is 1. The molecule has 0 fully saturated rings. The number of carbonyl (C=O) groups excluding carboxylic acids is 1. The van der Waals surface area contributed by atoms with Gasteiger partial charge in [-0.3, -0.25) is 4.79 Å². The summed E-state index contributed by atoms with van der Waals surface area (Å²) in [7, 11) is 0. The standard InChI is InChI=1S/C15H17NO2/c1-11(17)18-10-12-5-6-15-13(8-12)9-14-4-2-3-7-16(14)15/h2-4,7,9,12H,5-6,8,10H2,1H3. The van der Waals surface area contributed by atoms with Crippen LogP contribution in [0.3, 0.4) is 0 Å². The van der Waals surface area contributed by atoms with E-state index in [0.717, 1.165) is 19.3 Å². The molecule has 1 aliphatic rings. The number of hydrogen-bond acceptors (Lipinski definition) is 2. The van der Waals surface area contributed by atoms with Crippen LogP contribution in [0, 0.1) is 5.92 Å². The van der Waals surface area contributed by atoms with Crippen molar-refractivity contribution in [2.75, 3.05) is 6.61 Å². The average molecular weight is 243 g/mol. The number of carbonyl (C=O) groups is 1. The van der Waals surface area contributed by atoms with Gasteiger partial charge >= 0.3 is 5.97 Å². The lowest BCUT2D eigenvalue weighted by atomic mass is 9.88. The Morgan fingerprint density at radius 1 is 1.50 bits per heavy atom. The van der Waals surface area contributed by atoms with Crippen molar-refractivity contribution in [1.29, 1.82) is 0 Å². The van der Waals surface area contributed by atoms with Crippen molar-refractivity contribution in [3.05, 3.63) is 41.7 Å². The molecule has 2 aromatic rings. The molecule has 1 atom stereocenters. The first-order valence-electron chi connectivity index (χ1n) is 6.45. The first kappa shape index (κ1) is 11.3. The highest BCUT2D eigenvalue weighted by molar-refractivity contribution is 5.65.